The van der Waals surface area contributed by atoms with Gasteiger partial charge in [-0.2, -0.15) is 0 Å². The Kier molecular flexibility index (Phi) is 9.77. The van der Waals surface area contributed by atoms with Gasteiger partial charge in [0, 0.05) is 17.8 Å². The third kappa shape index (κ3) is 7.70. The highest BCUT2D eigenvalue weighted by atomic mass is 35.5. The molecule has 1 aliphatic rings. The topological polar surface area (TPSA) is 131 Å². The molecule has 1 fully saturated rings. The first-order valence-electron chi connectivity index (χ1n) is 12.9. The molecule has 0 radical (unpaired) electrons. The van der Waals surface area contributed by atoms with Crippen LogP contribution in [-0.4, -0.2) is 75.2 Å². The molecule has 0 spiro atoms. The lowest BCUT2D eigenvalue weighted by Crippen LogP contribution is -2.46. The maximum atomic E-state index is 13.6. The molecule has 1 aliphatic carbocycles. The third-order valence-corrected chi connectivity index (χ3v) is 6.67. The van der Waals surface area contributed by atoms with E-state index < -0.39 is 5.82 Å². The summed E-state index contributed by atoms with van der Waals surface area (Å²) in [5.74, 6) is -0.369. The molecule has 4 rings (SSSR count). The van der Waals surface area contributed by atoms with Gasteiger partial charge in [0.25, 0.3) is 0 Å². The fourth-order valence-corrected chi connectivity index (χ4v) is 4.73. The number of fused-ring (bicyclic) bond motifs is 1. The monoisotopic (exact) mass is 559 g/mol. The first-order valence-corrected chi connectivity index (χ1v) is 13.3. The van der Waals surface area contributed by atoms with Crippen molar-refractivity contribution in [1.29, 1.82) is 0 Å². The SMILES string of the molecule is CCOC(=O)CN(CC(=O)OCC)C1CCC(Nc2ncc3ncnc(Nc4ccc(F)c(Cl)c4)c3n2)CC1. The number of ether oxygens (including phenoxy) is 2. The maximum absolute atomic E-state index is 13.6. The second kappa shape index (κ2) is 13.4. The Balaban J connectivity index is 1.41. The second-order valence-corrected chi connectivity index (χ2v) is 9.48. The van der Waals surface area contributed by atoms with Crippen molar-refractivity contribution in [2.45, 2.75) is 51.6 Å². The van der Waals surface area contributed by atoms with Crippen molar-refractivity contribution in [1.82, 2.24) is 24.8 Å². The van der Waals surface area contributed by atoms with E-state index in [1.54, 1.807) is 26.1 Å². The lowest BCUT2D eigenvalue weighted by molar-refractivity contribution is -0.149. The van der Waals surface area contributed by atoms with E-state index in [0.29, 0.717) is 28.5 Å². The molecule has 1 saturated carbocycles. The predicted octanol–water partition coefficient (Wildman–Crippen LogP) is 4.11. The predicted molar refractivity (Wildman–Crippen MR) is 144 cm³/mol. The summed E-state index contributed by atoms with van der Waals surface area (Å²) in [6, 6.07) is 4.44. The summed E-state index contributed by atoms with van der Waals surface area (Å²) in [4.78, 5) is 43.7. The van der Waals surface area contributed by atoms with E-state index in [-0.39, 0.29) is 55.3 Å². The number of benzene rings is 1. The molecule has 13 heteroatoms. The van der Waals surface area contributed by atoms with Crippen molar-refractivity contribution >= 4 is 52.0 Å². The average molecular weight is 560 g/mol. The highest BCUT2D eigenvalue weighted by Crippen LogP contribution is 2.27. The molecule has 2 N–H and O–H groups in total. The Hall–Kier alpha value is -3.64. The van der Waals surface area contributed by atoms with Crippen molar-refractivity contribution in [3.63, 3.8) is 0 Å². The fraction of sp³-hybridized carbons (Fsp3) is 0.462. The van der Waals surface area contributed by atoms with Crippen LogP contribution in [0.3, 0.4) is 0 Å². The van der Waals surface area contributed by atoms with E-state index in [9.17, 15) is 14.0 Å². The fourth-order valence-electron chi connectivity index (χ4n) is 4.55. The minimum absolute atomic E-state index is 0.00553. The first kappa shape index (κ1) is 28.4. The number of carbonyl (C=O) groups is 2. The van der Waals surface area contributed by atoms with Gasteiger partial charge >= 0.3 is 11.9 Å². The third-order valence-electron chi connectivity index (χ3n) is 6.38. The van der Waals surface area contributed by atoms with Gasteiger partial charge < -0.3 is 20.1 Å². The largest absolute Gasteiger partial charge is 0.465 e. The molecule has 0 amide bonds. The van der Waals surface area contributed by atoms with E-state index in [1.165, 1.54) is 18.5 Å². The molecule has 3 aromatic rings. The zero-order chi connectivity index (χ0) is 27.8. The van der Waals surface area contributed by atoms with Crippen LogP contribution < -0.4 is 10.6 Å². The molecule has 0 unspecified atom stereocenters. The van der Waals surface area contributed by atoms with E-state index in [4.69, 9.17) is 21.1 Å². The Bertz CT molecular complexity index is 1290. The van der Waals surface area contributed by atoms with Crippen LogP contribution in [0.1, 0.15) is 39.5 Å². The molecular weight excluding hydrogens is 529 g/mol. The van der Waals surface area contributed by atoms with Crippen LogP contribution in [0, 0.1) is 5.82 Å². The summed E-state index contributed by atoms with van der Waals surface area (Å²) >= 11 is 5.91. The van der Waals surface area contributed by atoms with Gasteiger partial charge in [0.1, 0.15) is 23.2 Å². The van der Waals surface area contributed by atoms with Gasteiger partial charge in [0.2, 0.25) is 5.95 Å². The molecular formula is C26H31ClFN7O4. The van der Waals surface area contributed by atoms with E-state index in [1.807, 2.05) is 4.90 Å². The Morgan fingerprint density at radius 1 is 1.05 bits per heavy atom. The molecule has 0 bridgehead atoms. The van der Waals surface area contributed by atoms with Crippen LogP contribution in [0.2, 0.25) is 5.02 Å². The van der Waals surface area contributed by atoms with Crippen LogP contribution in [0.5, 0.6) is 0 Å². The lowest BCUT2D eigenvalue weighted by atomic mass is 9.90. The van der Waals surface area contributed by atoms with Crippen LogP contribution >= 0.6 is 11.6 Å². The number of anilines is 3. The van der Waals surface area contributed by atoms with E-state index >= 15 is 0 Å². The quantitative estimate of drug-likeness (QED) is 0.329. The van der Waals surface area contributed by atoms with Crippen molar-refractivity contribution in [3.05, 3.63) is 41.6 Å². The van der Waals surface area contributed by atoms with Crippen LogP contribution in [0.4, 0.5) is 21.8 Å². The number of carbonyl (C=O) groups excluding carboxylic acids is 2. The standard InChI is InChI=1S/C26H31ClFN7O4/c1-3-38-22(36)13-35(14-23(37)39-4-2)18-8-5-16(6-9-18)33-26-29-12-21-24(34-26)25(31-15-30-21)32-17-7-10-20(28)19(27)11-17/h7,10-12,15-16,18H,3-6,8-9,13-14H2,1-2H3,(H,29,33,34)(H,30,31,32). The number of hydrogen-bond donors (Lipinski definition) is 2. The van der Waals surface area contributed by atoms with Crippen molar-refractivity contribution in [2.75, 3.05) is 36.9 Å². The zero-order valence-electron chi connectivity index (χ0n) is 21.8. The zero-order valence-corrected chi connectivity index (χ0v) is 22.6. The summed E-state index contributed by atoms with van der Waals surface area (Å²) in [5, 5.41) is 6.49. The van der Waals surface area contributed by atoms with Gasteiger partial charge in [-0.05, 0) is 57.7 Å². The minimum Gasteiger partial charge on any atom is -0.465 e. The summed E-state index contributed by atoms with van der Waals surface area (Å²) < 4.78 is 23.7. The highest BCUT2D eigenvalue weighted by molar-refractivity contribution is 6.31. The van der Waals surface area contributed by atoms with E-state index in [2.05, 4.69) is 30.6 Å². The molecule has 0 saturated heterocycles. The second-order valence-electron chi connectivity index (χ2n) is 9.07. The number of esters is 2. The Morgan fingerprint density at radius 3 is 2.38 bits per heavy atom. The van der Waals surface area contributed by atoms with Crippen molar-refractivity contribution in [2.24, 2.45) is 0 Å². The summed E-state index contributed by atoms with van der Waals surface area (Å²) in [7, 11) is 0. The van der Waals surface area contributed by atoms with Crippen LogP contribution in [-0.2, 0) is 19.1 Å². The summed E-state index contributed by atoms with van der Waals surface area (Å²) in [6.07, 6.45) is 6.13. The lowest BCUT2D eigenvalue weighted by Gasteiger charge is -2.36. The number of aromatic nitrogens is 4. The number of halogens is 2. The molecule has 11 nitrogen and oxygen atoms in total. The molecule has 39 heavy (non-hydrogen) atoms. The van der Waals surface area contributed by atoms with E-state index in [0.717, 1.165) is 25.7 Å². The molecule has 208 valence electrons. The number of nitrogens with zero attached hydrogens (tertiary/aromatic N) is 5. The first-order chi connectivity index (χ1) is 18.9. The Labute approximate surface area is 230 Å². The molecule has 1 aromatic carbocycles. The van der Waals surface area contributed by atoms with Crippen LogP contribution in [0.15, 0.2) is 30.7 Å². The average Bonchev–Trinajstić information content (AvgIpc) is 2.91. The number of rotatable bonds is 11. The molecule has 0 atom stereocenters. The highest BCUT2D eigenvalue weighted by Gasteiger charge is 2.29. The molecule has 0 aliphatic heterocycles. The van der Waals surface area contributed by atoms with Gasteiger partial charge in [-0.3, -0.25) is 14.5 Å². The molecule has 2 aromatic heterocycles. The number of nitrogens with one attached hydrogen (secondary N) is 2. The normalized spacial score (nSPS) is 17.2. The van der Waals surface area contributed by atoms with Crippen molar-refractivity contribution in [3.8, 4) is 0 Å². The summed E-state index contributed by atoms with van der Waals surface area (Å²) in [5.41, 5.74) is 1.60. The van der Waals surface area contributed by atoms with Gasteiger partial charge in [0.05, 0.1) is 37.5 Å². The van der Waals surface area contributed by atoms with Crippen LogP contribution in [0.25, 0.3) is 11.0 Å². The smallest absolute Gasteiger partial charge is 0.320 e. The maximum Gasteiger partial charge on any atom is 0.320 e. The van der Waals surface area contributed by atoms with Gasteiger partial charge in [-0.25, -0.2) is 24.3 Å². The number of hydrogen-bond acceptors (Lipinski definition) is 11. The summed E-state index contributed by atoms with van der Waals surface area (Å²) in [6.45, 7) is 4.16. The van der Waals surface area contributed by atoms with Crippen molar-refractivity contribution < 1.29 is 23.5 Å². The Morgan fingerprint density at radius 2 is 1.74 bits per heavy atom. The van der Waals surface area contributed by atoms with Gasteiger partial charge in [0.15, 0.2) is 5.82 Å². The molecule has 2 heterocycles. The van der Waals surface area contributed by atoms with Gasteiger partial charge in [-0.15, -0.1) is 0 Å². The minimum atomic E-state index is -0.511. The van der Waals surface area contributed by atoms with Gasteiger partial charge in [-0.1, -0.05) is 11.6 Å².